The Bertz CT molecular complexity index is 1410. The molecule has 9 heteroatoms. The SMILES string of the molecule is CS(=O)(=O)c1ccc2nc(N(Cc3cccnc3)C(=O)c3ccc(C#N)cc3)sc2c1. The summed E-state index contributed by atoms with van der Waals surface area (Å²) in [6.45, 7) is 0.241. The van der Waals surface area contributed by atoms with Crippen molar-refractivity contribution < 1.29 is 13.2 Å². The maximum atomic E-state index is 13.3. The van der Waals surface area contributed by atoms with Gasteiger partial charge in [-0.15, -0.1) is 0 Å². The van der Waals surface area contributed by atoms with Crippen LogP contribution in [0.3, 0.4) is 0 Å². The summed E-state index contributed by atoms with van der Waals surface area (Å²) in [7, 11) is -3.36. The van der Waals surface area contributed by atoms with Gasteiger partial charge in [-0.05, 0) is 54.1 Å². The first-order chi connectivity index (χ1) is 14.8. The average molecular weight is 449 g/mol. The fourth-order valence-corrected chi connectivity index (χ4v) is 4.71. The molecular weight excluding hydrogens is 432 g/mol. The summed E-state index contributed by atoms with van der Waals surface area (Å²) < 4.78 is 24.5. The van der Waals surface area contributed by atoms with Crippen LogP contribution in [0.15, 0.2) is 71.9 Å². The molecule has 0 atom stereocenters. The minimum atomic E-state index is -3.36. The van der Waals surface area contributed by atoms with E-state index in [0.717, 1.165) is 11.8 Å². The normalized spacial score (nSPS) is 11.2. The number of hydrogen-bond acceptors (Lipinski definition) is 7. The quantitative estimate of drug-likeness (QED) is 0.460. The van der Waals surface area contributed by atoms with Gasteiger partial charge in [-0.25, -0.2) is 13.4 Å². The third-order valence-electron chi connectivity index (χ3n) is 4.58. The van der Waals surface area contributed by atoms with Crippen molar-refractivity contribution in [2.75, 3.05) is 11.2 Å². The molecule has 0 aliphatic carbocycles. The highest BCUT2D eigenvalue weighted by Gasteiger charge is 2.22. The standard InChI is InChI=1S/C22H16N4O3S2/c1-31(28,29)18-8-9-19-20(11-18)30-22(25-19)26(14-16-3-2-10-24-13-16)21(27)17-6-4-15(12-23)5-7-17/h2-11,13H,14H2,1H3. The van der Waals surface area contributed by atoms with E-state index >= 15 is 0 Å². The maximum Gasteiger partial charge on any atom is 0.260 e. The lowest BCUT2D eigenvalue weighted by atomic mass is 10.1. The van der Waals surface area contributed by atoms with Crippen LogP contribution in [0.2, 0.25) is 0 Å². The number of sulfone groups is 1. The first-order valence-electron chi connectivity index (χ1n) is 9.17. The number of rotatable bonds is 5. The minimum Gasteiger partial charge on any atom is -0.279 e. The third kappa shape index (κ3) is 4.45. The number of anilines is 1. The number of aromatic nitrogens is 2. The van der Waals surface area contributed by atoms with Gasteiger partial charge < -0.3 is 0 Å². The number of carbonyl (C=O) groups is 1. The van der Waals surface area contributed by atoms with Crippen LogP contribution in [0.1, 0.15) is 21.5 Å². The molecular formula is C22H16N4O3S2. The van der Waals surface area contributed by atoms with Gasteiger partial charge in [0.1, 0.15) is 0 Å². The number of benzene rings is 2. The zero-order valence-electron chi connectivity index (χ0n) is 16.4. The molecule has 0 aliphatic rings. The predicted molar refractivity (Wildman–Crippen MR) is 119 cm³/mol. The first-order valence-corrected chi connectivity index (χ1v) is 11.9. The highest BCUT2D eigenvalue weighted by Crippen LogP contribution is 2.32. The lowest BCUT2D eigenvalue weighted by molar-refractivity contribution is 0.0985. The number of carbonyl (C=O) groups excluding carboxylic acids is 1. The Morgan fingerprint density at radius 1 is 1.16 bits per heavy atom. The first kappa shape index (κ1) is 20.7. The van der Waals surface area contributed by atoms with Crippen LogP contribution in [-0.2, 0) is 16.4 Å². The van der Waals surface area contributed by atoms with E-state index in [1.807, 2.05) is 12.1 Å². The van der Waals surface area contributed by atoms with Gasteiger partial charge in [0.2, 0.25) is 0 Å². The monoisotopic (exact) mass is 448 g/mol. The Balaban J connectivity index is 1.78. The number of nitrogens with zero attached hydrogens (tertiary/aromatic N) is 4. The highest BCUT2D eigenvalue weighted by atomic mass is 32.2. The van der Waals surface area contributed by atoms with Crippen molar-refractivity contribution in [1.29, 1.82) is 5.26 Å². The topological polar surface area (TPSA) is 104 Å². The molecule has 0 N–H and O–H groups in total. The summed E-state index contributed by atoms with van der Waals surface area (Å²) in [4.78, 5) is 23.8. The van der Waals surface area contributed by atoms with Gasteiger partial charge in [-0.2, -0.15) is 5.26 Å². The van der Waals surface area contributed by atoms with Crippen LogP contribution in [0, 0.1) is 11.3 Å². The van der Waals surface area contributed by atoms with Crippen LogP contribution in [-0.4, -0.2) is 30.5 Å². The highest BCUT2D eigenvalue weighted by molar-refractivity contribution is 7.90. The van der Waals surface area contributed by atoms with Gasteiger partial charge in [0.05, 0.1) is 33.3 Å². The van der Waals surface area contributed by atoms with Gasteiger partial charge in [0, 0.05) is 24.2 Å². The molecule has 1 amide bonds. The van der Waals surface area contributed by atoms with Crippen LogP contribution in [0.25, 0.3) is 10.2 Å². The molecule has 4 rings (SSSR count). The molecule has 0 spiro atoms. The summed E-state index contributed by atoms with van der Waals surface area (Å²) >= 11 is 1.24. The number of fused-ring (bicyclic) bond motifs is 1. The Morgan fingerprint density at radius 3 is 2.58 bits per heavy atom. The van der Waals surface area contributed by atoms with E-state index in [2.05, 4.69) is 9.97 Å². The lowest BCUT2D eigenvalue weighted by Crippen LogP contribution is -2.30. The van der Waals surface area contributed by atoms with Crippen molar-refractivity contribution in [3.63, 3.8) is 0 Å². The smallest absolute Gasteiger partial charge is 0.260 e. The van der Waals surface area contributed by atoms with E-state index in [4.69, 9.17) is 5.26 Å². The maximum absolute atomic E-state index is 13.3. The van der Waals surface area contributed by atoms with E-state index in [1.165, 1.54) is 22.3 Å². The Hall–Kier alpha value is -3.61. The summed E-state index contributed by atoms with van der Waals surface area (Å²) in [5.74, 6) is -0.282. The zero-order chi connectivity index (χ0) is 22.0. The lowest BCUT2D eigenvalue weighted by Gasteiger charge is -2.20. The number of thiazole rings is 1. The minimum absolute atomic E-state index is 0.201. The largest absolute Gasteiger partial charge is 0.279 e. The zero-order valence-corrected chi connectivity index (χ0v) is 18.0. The molecule has 0 saturated carbocycles. The van der Waals surface area contributed by atoms with Gasteiger partial charge in [0.15, 0.2) is 15.0 Å². The average Bonchev–Trinajstić information content (AvgIpc) is 3.20. The van der Waals surface area contributed by atoms with Crippen LogP contribution in [0.5, 0.6) is 0 Å². The molecule has 2 aromatic heterocycles. The molecule has 0 bridgehead atoms. The van der Waals surface area contributed by atoms with Crippen molar-refractivity contribution >= 4 is 42.4 Å². The Morgan fingerprint density at radius 2 is 1.94 bits per heavy atom. The van der Waals surface area contributed by atoms with Crippen molar-refractivity contribution in [2.24, 2.45) is 0 Å². The summed E-state index contributed by atoms with van der Waals surface area (Å²) in [5.41, 5.74) is 2.31. The van der Waals surface area contributed by atoms with Crippen molar-refractivity contribution in [3.05, 3.63) is 83.7 Å². The number of nitriles is 1. The molecule has 0 unspecified atom stereocenters. The molecule has 31 heavy (non-hydrogen) atoms. The van der Waals surface area contributed by atoms with Crippen LogP contribution < -0.4 is 4.90 Å². The van der Waals surface area contributed by atoms with E-state index in [-0.39, 0.29) is 17.3 Å². The van der Waals surface area contributed by atoms with Gasteiger partial charge in [-0.1, -0.05) is 17.4 Å². The molecule has 0 saturated heterocycles. The van der Waals surface area contributed by atoms with Crippen molar-refractivity contribution in [1.82, 2.24) is 9.97 Å². The Labute approximate surface area is 183 Å². The molecule has 2 heterocycles. The van der Waals surface area contributed by atoms with Gasteiger partial charge in [0.25, 0.3) is 5.91 Å². The molecule has 2 aromatic carbocycles. The van der Waals surface area contributed by atoms with Crippen molar-refractivity contribution in [3.8, 4) is 6.07 Å². The summed E-state index contributed by atoms with van der Waals surface area (Å²) in [6, 6.07) is 16.8. The fourth-order valence-electron chi connectivity index (χ4n) is 2.98. The Kier molecular flexibility index (Phi) is 5.50. The van der Waals surface area contributed by atoms with E-state index < -0.39 is 9.84 Å². The molecule has 0 aliphatic heterocycles. The van der Waals surface area contributed by atoms with Gasteiger partial charge in [-0.3, -0.25) is 14.7 Å². The molecule has 0 fully saturated rings. The molecule has 7 nitrogen and oxygen atoms in total. The van der Waals surface area contributed by atoms with E-state index in [9.17, 15) is 13.2 Å². The summed E-state index contributed by atoms with van der Waals surface area (Å²) in [6.07, 6.45) is 4.48. The van der Waals surface area contributed by atoms with E-state index in [1.54, 1.807) is 54.9 Å². The van der Waals surface area contributed by atoms with Crippen LogP contribution >= 0.6 is 11.3 Å². The second-order valence-corrected chi connectivity index (χ2v) is 9.86. The number of hydrogen-bond donors (Lipinski definition) is 0. The van der Waals surface area contributed by atoms with Gasteiger partial charge >= 0.3 is 0 Å². The summed E-state index contributed by atoms with van der Waals surface area (Å²) in [5, 5.41) is 9.45. The molecule has 154 valence electrons. The number of pyridine rings is 1. The second kappa shape index (κ2) is 8.26. The van der Waals surface area contributed by atoms with E-state index in [0.29, 0.717) is 26.5 Å². The molecule has 0 radical (unpaired) electrons. The van der Waals surface area contributed by atoms with Crippen molar-refractivity contribution in [2.45, 2.75) is 11.4 Å². The third-order valence-corrected chi connectivity index (χ3v) is 6.73. The number of amides is 1. The van der Waals surface area contributed by atoms with Crippen LogP contribution in [0.4, 0.5) is 5.13 Å². The fraction of sp³-hybridized carbons (Fsp3) is 0.0909. The second-order valence-electron chi connectivity index (χ2n) is 6.84. The predicted octanol–water partition coefficient (Wildman–Crippen LogP) is 3.81. The molecule has 4 aromatic rings.